The predicted molar refractivity (Wildman–Crippen MR) is 76.9 cm³/mol. The minimum atomic E-state index is -0.861. The molecule has 0 spiro atoms. The normalized spacial score (nSPS) is 13.1. The van der Waals surface area contributed by atoms with Crippen LogP contribution < -0.4 is 0 Å². The molecule has 0 aromatic carbocycles. The first-order valence-electron chi connectivity index (χ1n) is 7.64. The molecule has 1 atom stereocenters. The SMILES string of the molecule is CCCCCCC(C)OC(=O)OOOC(C)(C)CCC. The highest BCUT2D eigenvalue weighted by molar-refractivity contribution is 5.59. The van der Waals surface area contributed by atoms with Gasteiger partial charge in [0, 0.05) is 0 Å². The van der Waals surface area contributed by atoms with Crippen LogP contribution in [-0.2, 0) is 19.6 Å². The Bertz CT molecular complexity index is 253. The maximum absolute atomic E-state index is 11.3. The van der Waals surface area contributed by atoms with Crippen molar-refractivity contribution in [3.8, 4) is 0 Å². The van der Waals surface area contributed by atoms with Gasteiger partial charge in [0.15, 0.2) is 0 Å². The summed E-state index contributed by atoms with van der Waals surface area (Å²) in [5.74, 6) is 0. The van der Waals surface area contributed by atoms with E-state index in [1.807, 2.05) is 27.7 Å². The van der Waals surface area contributed by atoms with E-state index in [0.29, 0.717) is 0 Å². The first-order chi connectivity index (χ1) is 9.41. The zero-order valence-corrected chi connectivity index (χ0v) is 13.6. The maximum atomic E-state index is 11.3. The van der Waals surface area contributed by atoms with Crippen molar-refractivity contribution >= 4 is 6.16 Å². The summed E-state index contributed by atoms with van der Waals surface area (Å²) >= 11 is 0. The number of carbonyl (C=O) groups excluding carboxylic acids is 1. The van der Waals surface area contributed by atoms with E-state index in [2.05, 4.69) is 16.8 Å². The molecule has 0 N–H and O–H groups in total. The lowest BCUT2D eigenvalue weighted by Gasteiger charge is -2.21. The molecule has 0 aliphatic heterocycles. The minimum Gasteiger partial charge on any atom is -0.429 e. The third kappa shape index (κ3) is 11.1. The molecule has 0 aliphatic rings. The summed E-state index contributed by atoms with van der Waals surface area (Å²) in [6, 6.07) is 0. The van der Waals surface area contributed by atoms with Gasteiger partial charge in [-0.3, -0.25) is 0 Å². The van der Waals surface area contributed by atoms with Crippen LogP contribution in [0.2, 0.25) is 0 Å². The molecule has 0 saturated heterocycles. The van der Waals surface area contributed by atoms with Crippen LogP contribution in [0.1, 0.15) is 79.6 Å². The van der Waals surface area contributed by atoms with E-state index in [9.17, 15) is 4.79 Å². The molecular formula is C15H30O5. The molecule has 0 fully saturated rings. The number of ether oxygens (including phenoxy) is 1. The second-order valence-electron chi connectivity index (χ2n) is 5.77. The van der Waals surface area contributed by atoms with Crippen LogP contribution in [-0.4, -0.2) is 17.9 Å². The topological polar surface area (TPSA) is 54.0 Å². The standard InChI is InChI=1S/C15H30O5/c1-6-8-9-10-11-13(3)17-14(16)18-20-19-15(4,5)12-7-2/h13H,6-12H2,1-5H3. The summed E-state index contributed by atoms with van der Waals surface area (Å²) in [5, 5.41) is 4.48. The molecule has 0 radical (unpaired) electrons. The molecule has 0 bridgehead atoms. The Morgan fingerprint density at radius 1 is 1.10 bits per heavy atom. The van der Waals surface area contributed by atoms with Gasteiger partial charge in [0.1, 0.15) is 11.7 Å². The lowest BCUT2D eigenvalue weighted by Crippen LogP contribution is -2.25. The number of unbranched alkanes of at least 4 members (excludes halogenated alkanes) is 3. The van der Waals surface area contributed by atoms with Crippen molar-refractivity contribution in [1.82, 2.24) is 0 Å². The third-order valence-electron chi connectivity index (χ3n) is 2.98. The lowest BCUT2D eigenvalue weighted by atomic mass is 10.0. The smallest absolute Gasteiger partial charge is 0.429 e. The molecule has 0 aromatic rings. The molecule has 0 heterocycles. The Morgan fingerprint density at radius 3 is 2.40 bits per heavy atom. The Balaban J connectivity index is 3.67. The van der Waals surface area contributed by atoms with Crippen molar-refractivity contribution in [2.45, 2.75) is 91.3 Å². The van der Waals surface area contributed by atoms with Gasteiger partial charge < -0.3 is 4.74 Å². The minimum absolute atomic E-state index is 0.174. The number of hydrogen-bond acceptors (Lipinski definition) is 5. The van der Waals surface area contributed by atoms with Crippen LogP contribution in [0.5, 0.6) is 0 Å². The Labute approximate surface area is 122 Å². The van der Waals surface area contributed by atoms with E-state index in [1.54, 1.807) is 0 Å². The second-order valence-corrected chi connectivity index (χ2v) is 5.77. The Morgan fingerprint density at radius 2 is 1.80 bits per heavy atom. The number of rotatable bonds is 11. The van der Waals surface area contributed by atoms with Gasteiger partial charge in [0.2, 0.25) is 0 Å². The maximum Gasteiger partial charge on any atom is 0.542 e. The van der Waals surface area contributed by atoms with E-state index in [1.165, 1.54) is 12.8 Å². The highest BCUT2D eigenvalue weighted by Gasteiger charge is 2.21. The lowest BCUT2D eigenvalue weighted by molar-refractivity contribution is -0.517. The molecule has 0 saturated carbocycles. The number of carbonyl (C=O) groups is 1. The molecular weight excluding hydrogens is 260 g/mol. The molecule has 20 heavy (non-hydrogen) atoms. The van der Waals surface area contributed by atoms with Gasteiger partial charge in [0.05, 0.1) is 0 Å². The van der Waals surface area contributed by atoms with Crippen LogP contribution in [0.3, 0.4) is 0 Å². The summed E-state index contributed by atoms with van der Waals surface area (Å²) in [7, 11) is 0. The highest BCUT2D eigenvalue weighted by atomic mass is 17.5. The van der Waals surface area contributed by atoms with Gasteiger partial charge in [-0.25, -0.2) is 9.68 Å². The zero-order chi connectivity index (χ0) is 15.4. The fourth-order valence-electron chi connectivity index (χ4n) is 1.88. The molecule has 0 aromatic heterocycles. The highest BCUT2D eigenvalue weighted by Crippen LogP contribution is 2.17. The molecule has 5 nitrogen and oxygen atoms in total. The van der Waals surface area contributed by atoms with Gasteiger partial charge in [-0.1, -0.05) is 39.5 Å². The largest absolute Gasteiger partial charge is 0.542 e. The molecule has 120 valence electrons. The molecule has 1 unspecified atom stereocenters. The summed E-state index contributed by atoms with van der Waals surface area (Å²) < 4.78 is 5.04. The average Bonchev–Trinajstić information content (AvgIpc) is 2.34. The molecule has 0 rings (SSSR count). The van der Waals surface area contributed by atoms with Gasteiger partial charge in [-0.15, -0.1) is 0 Å². The second kappa shape index (κ2) is 10.9. The van der Waals surface area contributed by atoms with E-state index in [4.69, 9.17) is 9.62 Å². The predicted octanol–water partition coefficient (Wildman–Crippen LogP) is 4.94. The summed E-state index contributed by atoms with van der Waals surface area (Å²) in [5.41, 5.74) is -0.485. The van der Waals surface area contributed by atoms with E-state index in [-0.39, 0.29) is 6.10 Å². The van der Waals surface area contributed by atoms with Crippen molar-refractivity contribution in [2.24, 2.45) is 0 Å². The van der Waals surface area contributed by atoms with Crippen molar-refractivity contribution in [2.75, 3.05) is 0 Å². The average molecular weight is 290 g/mol. The fraction of sp³-hybridized carbons (Fsp3) is 0.933. The van der Waals surface area contributed by atoms with Crippen molar-refractivity contribution < 1.29 is 24.3 Å². The van der Waals surface area contributed by atoms with Crippen molar-refractivity contribution in [3.05, 3.63) is 0 Å². The van der Waals surface area contributed by atoms with Gasteiger partial charge in [0.25, 0.3) is 0 Å². The zero-order valence-electron chi connectivity index (χ0n) is 13.6. The van der Waals surface area contributed by atoms with Crippen LogP contribution in [0.15, 0.2) is 0 Å². The monoisotopic (exact) mass is 290 g/mol. The molecule has 0 aliphatic carbocycles. The van der Waals surface area contributed by atoms with Crippen molar-refractivity contribution in [1.29, 1.82) is 0 Å². The van der Waals surface area contributed by atoms with Gasteiger partial charge in [-0.2, -0.15) is 4.89 Å². The van der Waals surface area contributed by atoms with Crippen molar-refractivity contribution in [3.63, 3.8) is 0 Å². The Hall–Kier alpha value is -0.810. The fourth-order valence-corrected chi connectivity index (χ4v) is 1.88. The first kappa shape index (κ1) is 19.2. The van der Waals surface area contributed by atoms with E-state index >= 15 is 0 Å². The van der Waals surface area contributed by atoms with Gasteiger partial charge >= 0.3 is 6.16 Å². The first-order valence-corrected chi connectivity index (χ1v) is 7.64. The summed E-state index contributed by atoms with van der Waals surface area (Å²) in [6.45, 7) is 9.77. The van der Waals surface area contributed by atoms with Crippen LogP contribution in [0.4, 0.5) is 4.79 Å². The van der Waals surface area contributed by atoms with E-state index in [0.717, 1.165) is 32.1 Å². The molecule has 5 heteroatoms. The quantitative estimate of drug-likeness (QED) is 0.233. The van der Waals surface area contributed by atoms with Crippen LogP contribution in [0.25, 0.3) is 0 Å². The summed E-state index contributed by atoms with van der Waals surface area (Å²) in [6.07, 6.45) is 6.16. The van der Waals surface area contributed by atoms with Gasteiger partial charge in [-0.05, 0) is 45.1 Å². The number of hydrogen-bond donors (Lipinski definition) is 0. The Kier molecular flexibility index (Phi) is 10.5. The summed E-state index contributed by atoms with van der Waals surface area (Å²) in [4.78, 5) is 20.8. The van der Waals surface area contributed by atoms with E-state index < -0.39 is 11.8 Å². The molecule has 0 amide bonds. The van der Waals surface area contributed by atoms with Crippen LogP contribution in [0, 0.1) is 0 Å². The third-order valence-corrected chi connectivity index (χ3v) is 2.98. The van der Waals surface area contributed by atoms with Crippen LogP contribution >= 0.6 is 0 Å².